The minimum absolute atomic E-state index is 0.0529. The fraction of sp³-hybridized carbons (Fsp3) is 0.417. The molecule has 0 heterocycles. The van der Waals surface area contributed by atoms with Crippen molar-refractivity contribution in [2.24, 2.45) is 0 Å². The van der Waals surface area contributed by atoms with Crippen molar-refractivity contribution >= 4 is 21.7 Å². The number of sulfonamides is 1. The van der Waals surface area contributed by atoms with Crippen LogP contribution in [0.5, 0.6) is 0 Å². The zero-order valence-corrected chi connectivity index (χ0v) is 11.6. The van der Waals surface area contributed by atoms with E-state index in [-0.39, 0.29) is 11.3 Å². The van der Waals surface area contributed by atoms with Crippen LogP contribution in [-0.4, -0.2) is 24.2 Å². The van der Waals surface area contributed by atoms with E-state index < -0.39 is 20.7 Å². The highest BCUT2D eigenvalue weighted by Gasteiger charge is 2.30. The predicted octanol–water partition coefficient (Wildman–Crippen LogP) is 2.23. The van der Waals surface area contributed by atoms with E-state index in [0.717, 1.165) is 5.56 Å². The Morgan fingerprint density at radius 2 is 1.83 bits per heavy atom. The molecule has 1 aromatic rings. The summed E-state index contributed by atoms with van der Waals surface area (Å²) >= 11 is 0. The highest BCUT2D eigenvalue weighted by molar-refractivity contribution is 7.94. The van der Waals surface area contributed by atoms with Gasteiger partial charge in [0.05, 0.1) is 16.0 Å². The fourth-order valence-electron chi connectivity index (χ4n) is 1.22. The molecule has 0 atom stereocenters. The number of carboxylic acid groups (broad SMARTS) is 1. The molecule has 0 aliphatic carbocycles. The van der Waals surface area contributed by atoms with Gasteiger partial charge < -0.3 is 5.11 Å². The van der Waals surface area contributed by atoms with Crippen LogP contribution in [0, 0.1) is 6.92 Å². The molecule has 5 nitrogen and oxygen atoms in total. The van der Waals surface area contributed by atoms with Gasteiger partial charge in [0, 0.05) is 0 Å². The minimum atomic E-state index is -3.63. The smallest absolute Gasteiger partial charge is 0.337 e. The van der Waals surface area contributed by atoms with E-state index in [1.54, 1.807) is 33.8 Å². The molecule has 0 saturated carbocycles. The first-order chi connectivity index (χ1) is 8.04. The number of aryl methyl sites for hydroxylation is 1. The third-order valence-electron chi connectivity index (χ3n) is 2.46. The molecule has 0 radical (unpaired) electrons. The first kappa shape index (κ1) is 14.5. The van der Waals surface area contributed by atoms with Gasteiger partial charge in [0.1, 0.15) is 0 Å². The molecule has 0 aromatic heterocycles. The van der Waals surface area contributed by atoms with Gasteiger partial charge in [-0.3, -0.25) is 4.72 Å². The second-order valence-corrected chi connectivity index (χ2v) is 7.51. The number of benzene rings is 1. The normalized spacial score (nSPS) is 12.2. The van der Waals surface area contributed by atoms with Crippen LogP contribution in [0.4, 0.5) is 5.69 Å². The zero-order chi connectivity index (χ0) is 14.1. The Morgan fingerprint density at radius 1 is 1.28 bits per heavy atom. The molecule has 0 spiro atoms. The van der Waals surface area contributed by atoms with Gasteiger partial charge in [-0.05, 0) is 39.8 Å². The van der Waals surface area contributed by atoms with Gasteiger partial charge in [-0.1, -0.05) is 11.6 Å². The standard InChI is InChI=1S/C12H17NO4S/c1-8-5-6-10(9(7-8)11(14)15)13-18(16,17)12(2,3)4/h5-7,13H,1-4H3,(H,14,15). The third-order valence-corrected chi connectivity index (χ3v) is 4.56. The van der Waals surface area contributed by atoms with Crippen LogP contribution in [0.3, 0.4) is 0 Å². The van der Waals surface area contributed by atoms with Crippen LogP contribution >= 0.6 is 0 Å². The van der Waals surface area contributed by atoms with Gasteiger partial charge >= 0.3 is 5.97 Å². The average Bonchev–Trinajstić information content (AvgIpc) is 2.18. The molecule has 1 aromatic carbocycles. The Kier molecular flexibility index (Phi) is 3.71. The molecule has 18 heavy (non-hydrogen) atoms. The van der Waals surface area contributed by atoms with E-state index in [0.29, 0.717) is 0 Å². The van der Waals surface area contributed by atoms with Crippen molar-refractivity contribution in [1.82, 2.24) is 0 Å². The largest absolute Gasteiger partial charge is 0.478 e. The molecule has 0 fully saturated rings. The van der Waals surface area contributed by atoms with E-state index in [1.165, 1.54) is 12.1 Å². The quantitative estimate of drug-likeness (QED) is 0.883. The van der Waals surface area contributed by atoms with Gasteiger partial charge in [0.2, 0.25) is 10.0 Å². The van der Waals surface area contributed by atoms with E-state index >= 15 is 0 Å². The first-order valence-corrected chi connectivity index (χ1v) is 6.89. The number of nitrogens with one attached hydrogen (secondary N) is 1. The fourth-order valence-corrected chi connectivity index (χ4v) is 2.00. The molecule has 0 bridgehead atoms. The Labute approximate surface area is 107 Å². The lowest BCUT2D eigenvalue weighted by Crippen LogP contribution is -2.34. The van der Waals surface area contributed by atoms with Crippen LogP contribution in [-0.2, 0) is 10.0 Å². The maximum absolute atomic E-state index is 12.0. The highest BCUT2D eigenvalue weighted by atomic mass is 32.2. The number of carboxylic acids is 1. The molecule has 0 unspecified atom stereocenters. The summed E-state index contributed by atoms with van der Waals surface area (Å²) in [6, 6.07) is 4.55. The molecular weight excluding hydrogens is 254 g/mol. The Balaban J connectivity index is 3.25. The van der Waals surface area contributed by atoms with Crippen LogP contribution in [0.2, 0.25) is 0 Å². The Bertz CT molecular complexity index is 570. The molecule has 100 valence electrons. The second-order valence-electron chi connectivity index (χ2n) is 5.07. The van der Waals surface area contributed by atoms with Crippen molar-refractivity contribution in [3.63, 3.8) is 0 Å². The maximum atomic E-state index is 12.0. The molecule has 6 heteroatoms. The van der Waals surface area contributed by atoms with Gasteiger partial charge in [-0.15, -0.1) is 0 Å². The van der Waals surface area contributed by atoms with Crippen LogP contribution < -0.4 is 4.72 Å². The summed E-state index contributed by atoms with van der Waals surface area (Å²) in [5.41, 5.74) is 0.789. The van der Waals surface area contributed by atoms with Crippen LogP contribution in [0.15, 0.2) is 18.2 Å². The maximum Gasteiger partial charge on any atom is 0.337 e. The Morgan fingerprint density at radius 3 is 2.28 bits per heavy atom. The number of anilines is 1. The molecule has 1 rings (SSSR count). The number of carbonyl (C=O) groups is 1. The Hall–Kier alpha value is -1.56. The van der Waals surface area contributed by atoms with Crippen molar-refractivity contribution < 1.29 is 18.3 Å². The zero-order valence-electron chi connectivity index (χ0n) is 10.8. The number of hydrogen-bond donors (Lipinski definition) is 2. The summed E-state index contributed by atoms with van der Waals surface area (Å²) in [6.45, 7) is 6.38. The predicted molar refractivity (Wildman–Crippen MR) is 70.4 cm³/mol. The minimum Gasteiger partial charge on any atom is -0.478 e. The van der Waals surface area contributed by atoms with Crippen molar-refractivity contribution in [2.45, 2.75) is 32.4 Å². The van der Waals surface area contributed by atoms with Crippen molar-refractivity contribution in [3.05, 3.63) is 29.3 Å². The number of hydrogen-bond acceptors (Lipinski definition) is 3. The second kappa shape index (κ2) is 4.61. The number of aromatic carboxylic acids is 1. The van der Waals surface area contributed by atoms with E-state index in [2.05, 4.69) is 4.72 Å². The summed E-state index contributed by atoms with van der Waals surface area (Å²) < 4.78 is 25.3. The van der Waals surface area contributed by atoms with Crippen molar-refractivity contribution in [3.8, 4) is 0 Å². The van der Waals surface area contributed by atoms with E-state index in [9.17, 15) is 13.2 Å². The SMILES string of the molecule is Cc1ccc(NS(=O)(=O)C(C)(C)C)c(C(=O)O)c1. The van der Waals surface area contributed by atoms with Crippen molar-refractivity contribution in [1.29, 1.82) is 0 Å². The summed E-state index contributed by atoms with van der Waals surface area (Å²) in [5.74, 6) is -1.16. The van der Waals surface area contributed by atoms with Gasteiger partial charge in [-0.25, -0.2) is 13.2 Å². The molecular formula is C12H17NO4S. The topological polar surface area (TPSA) is 83.5 Å². The summed E-state index contributed by atoms with van der Waals surface area (Å²) in [7, 11) is -3.63. The van der Waals surface area contributed by atoms with Crippen molar-refractivity contribution in [2.75, 3.05) is 4.72 Å². The number of rotatable bonds is 3. The van der Waals surface area contributed by atoms with E-state index in [4.69, 9.17) is 5.11 Å². The van der Waals surface area contributed by atoms with E-state index in [1.807, 2.05) is 0 Å². The van der Waals surface area contributed by atoms with Crippen LogP contribution in [0.1, 0.15) is 36.7 Å². The summed E-state index contributed by atoms with van der Waals surface area (Å²) in [6.07, 6.45) is 0. The molecule has 0 aliphatic heterocycles. The average molecular weight is 271 g/mol. The van der Waals surface area contributed by atoms with Gasteiger partial charge in [-0.2, -0.15) is 0 Å². The lowest BCUT2D eigenvalue weighted by molar-refractivity contribution is 0.0698. The molecule has 0 saturated heterocycles. The summed E-state index contributed by atoms with van der Waals surface area (Å²) in [5, 5.41) is 9.05. The van der Waals surface area contributed by atoms with Crippen LogP contribution in [0.25, 0.3) is 0 Å². The molecule has 0 aliphatic rings. The third kappa shape index (κ3) is 3.01. The first-order valence-electron chi connectivity index (χ1n) is 5.41. The van der Waals surface area contributed by atoms with Gasteiger partial charge in [0.15, 0.2) is 0 Å². The summed E-state index contributed by atoms with van der Waals surface area (Å²) in [4.78, 5) is 11.1. The highest BCUT2D eigenvalue weighted by Crippen LogP contribution is 2.23. The molecule has 0 amide bonds. The lowest BCUT2D eigenvalue weighted by Gasteiger charge is -2.21. The monoisotopic (exact) mass is 271 g/mol. The van der Waals surface area contributed by atoms with Gasteiger partial charge in [0.25, 0.3) is 0 Å². The lowest BCUT2D eigenvalue weighted by atomic mass is 10.1. The molecule has 2 N–H and O–H groups in total.